The number of carbonyl (C=O) groups is 1. The molecular weight excluding hydrogens is 224 g/mol. The second kappa shape index (κ2) is 6.10. The molecule has 0 bridgehead atoms. The number of hydrogen-bond acceptors (Lipinski definition) is 5. The first kappa shape index (κ1) is 13.3. The molecule has 0 aromatic heterocycles. The summed E-state index contributed by atoms with van der Waals surface area (Å²) in [5.74, 6) is 0.432. The second-order valence-corrected chi connectivity index (χ2v) is 3.45. The van der Waals surface area contributed by atoms with E-state index < -0.39 is 12.1 Å². The molecule has 1 N–H and O–H groups in total. The van der Waals surface area contributed by atoms with Crippen molar-refractivity contribution in [3.63, 3.8) is 0 Å². The quantitative estimate of drug-likeness (QED) is 0.786. The predicted molar refractivity (Wildman–Crippen MR) is 61.1 cm³/mol. The Hall–Kier alpha value is -1.75. The molecule has 0 aliphatic rings. The minimum Gasteiger partial charge on any atom is -0.493 e. The monoisotopic (exact) mass is 240 g/mol. The molecule has 0 radical (unpaired) electrons. The van der Waals surface area contributed by atoms with Gasteiger partial charge in [0.1, 0.15) is 0 Å². The van der Waals surface area contributed by atoms with Crippen molar-refractivity contribution < 1.29 is 24.1 Å². The fourth-order valence-electron chi connectivity index (χ4n) is 1.26. The third-order valence-electron chi connectivity index (χ3n) is 2.24. The van der Waals surface area contributed by atoms with Crippen LogP contribution in [-0.2, 0) is 9.53 Å². The van der Waals surface area contributed by atoms with Gasteiger partial charge in [0.2, 0.25) is 0 Å². The highest BCUT2D eigenvalue weighted by Crippen LogP contribution is 2.30. The van der Waals surface area contributed by atoms with E-state index in [-0.39, 0.29) is 6.61 Å². The smallest absolute Gasteiger partial charge is 0.343 e. The number of ether oxygens (including phenoxy) is 3. The Bertz CT molecular complexity index is 386. The summed E-state index contributed by atoms with van der Waals surface area (Å²) in [6.45, 7) is 1.48. The summed E-state index contributed by atoms with van der Waals surface area (Å²) in [4.78, 5) is 10.9. The van der Waals surface area contributed by atoms with Crippen molar-refractivity contribution in [2.75, 3.05) is 20.8 Å². The van der Waals surface area contributed by atoms with Gasteiger partial charge >= 0.3 is 5.97 Å². The Morgan fingerprint density at radius 2 is 2.06 bits per heavy atom. The zero-order valence-electron chi connectivity index (χ0n) is 10.1. The number of benzene rings is 1. The van der Waals surface area contributed by atoms with Crippen molar-refractivity contribution in [2.24, 2.45) is 0 Å². The summed E-state index contributed by atoms with van der Waals surface area (Å²) >= 11 is 0. The van der Waals surface area contributed by atoms with Gasteiger partial charge in [-0.1, -0.05) is 6.07 Å². The third-order valence-corrected chi connectivity index (χ3v) is 2.24. The van der Waals surface area contributed by atoms with Gasteiger partial charge in [0.25, 0.3) is 0 Å². The van der Waals surface area contributed by atoms with E-state index in [2.05, 4.69) is 4.74 Å². The van der Waals surface area contributed by atoms with Gasteiger partial charge in [0.15, 0.2) is 18.1 Å². The summed E-state index contributed by atoms with van der Waals surface area (Å²) in [6, 6.07) is 5.01. The summed E-state index contributed by atoms with van der Waals surface area (Å²) in [6.07, 6.45) is -0.585. The van der Waals surface area contributed by atoms with Gasteiger partial charge in [0.05, 0.1) is 20.3 Å². The number of carbonyl (C=O) groups excluding carboxylic acids is 1. The van der Waals surface area contributed by atoms with Crippen molar-refractivity contribution in [1.82, 2.24) is 0 Å². The lowest BCUT2D eigenvalue weighted by molar-refractivity contribution is -0.142. The molecular formula is C12H16O5. The highest BCUT2D eigenvalue weighted by molar-refractivity contribution is 5.71. The number of hydrogen-bond donors (Lipinski definition) is 1. The molecule has 0 aliphatic carbocycles. The minimum absolute atomic E-state index is 0.180. The zero-order chi connectivity index (χ0) is 12.8. The number of aliphatic hydroxyl groups excluding tert-OH is 1. The number of aliphatic hydroxyl groups is 1. The molecule has 17 heavy (non-hydrogen) atoms. The van der Waals surface area contributed by atoms with Crippen molar-refractivity contribution in [2.45, 2.75) is 13.0 Å². The maximum absolute atomic E-state index is 10.9. The molecule has 0 amide bonds. The SMILES string of the molecule is COC(=O)COc1ccc(C(C)O)cc1OC. The first-order valence-corrected chi connectivity index (χ1v) is 5.14. The highest BCUT2D eigenvalue weighted by Gasteiger charge is 2.10. The first-order chi connectivity index (χ1) is 8.08. The number of esters is 1. The van der Waals surface area contributed by atoms with Gasteiger partial charge in [-0.05, 0) is 24.6 Å². The topological polar surface area (TPSA) is 65.0 Å². The van der Waals surface area contributed by atoms with Gasteiger partial charge < -0.3 is 19.3 Å². The van der Waals surface area contributed by atoms with Gasteiger partial charge in [0, 0.05) is 0 Å². The Morgan fingerprint density at radius 1 is 1.35 bits per heavy atom. The van der Waals surface area contributed by atoms with Crippen molar-refractivity contribution in [3.8, 4) is 11.5 Å². The Labute approximate surface area is 99.9 Å². The lowest BCUT2D eigenvalue weighted by atomic mass is 10.1. The molecule has 0 fully saturated rings. The fraction of sp³-hybridized carbons (Fsp3) is 0.417. The molecule has 1 aromatic rings. The van der Waals surface area contributed by atoms with Gasteiger partial charge in [-0.2, -0.15) is 0 Å². The molecule has 0 saturated heterocycles. The molecule has 1 unspecified atom stereocenters. The lowest BCUT2D eigenvalue weighted by Crippen LogP contribution is -2.13. The standard InChI is InChI=1S/C12H16O5/c1-8(13)9-4-5-10(11(6-9)15-2)17-7-12(14)16-3/h4-6,8,13H,7H2,1-3H3. The van der Waals surface area contributed by atoms with E-state index in [1.807, 2.05) is 0 Å². The molecule has 1 atom stereocenters. The van der Waals surface area contributed by atoms with Gasteiger partial charge in [-0.25, -0.2) is 4.79 Å². The number of rotatable bonds is 5. The fourth-order valence-corrected chi connectivity index (χ4v) is 1.26. The van der Waals surface area contributed by atoms with Crippen LogP contribution in [0.4, 0.5) is 0 Å². The van der Waals surface area contributed by atoms with Crippen molar-refractivity contribution >= 4 is 5.97 Å². The van der Waals surface area contributed by atoms with E-state index in [0.717, 1.165) is 0 Å². The van der Waals surface area contributed by atoms with Crippen LogP contribution in [0.3, 0.4) is 0 Å². The highest BCUT2D eigenvalue weighted by atomic mass is 16.6. The average Bonchev–Trinajstić information content (AvgIpc) is 2.35. The molecule has 94 valence electrons. The number of methoxy groups -OCH3 is 2. The van der Waals surface area contributed by atoms with Crippen LogP contribution in [0.2, 0.25) is 0 Å². The van der Waals surface area contributed by atoms with Crippen LogP contribution in [0.25, 0.3) is 0 Å². The largest absolute Gasteiger partial charge is 0.493 e. The zero-order valence-corrected chi connectivity index (χ0v) is 10.1. The molecule has 1 rings (SSSR count). The molecule has 0 saturated carbocycles. The van der Waals surface area contributed by atoms with Crippen LogP contribution in [0.5, 0.6) is 11.5 Å². The van der Waals surface area contributed by atoms with E-state index >= 15 is 0 Å². The summed E-state index contributed by atoms with van der Waals surface area (Å²) < 4.78 is 14.8. The van der Waals surface area contributed by atoms with Crippen LogP contribution < -0.4 is 9.47 Å². The van der Waals surface area contributed by atoms with Gasteiger partial charge in [-0.3, -0.25) is 0 Å². The van der Waals surface area contributed by atoms with E-state index in [1.54, 1.807) is 25.1 Å². The molecule has 0 heterocycles. The first-order valence-electron chi connectivity index (χ1n) is 5.14. The van der Waals surface area contributed by atoms with E-state index in [1.165, 1.54) is 14.2 Å². The van der Waals surface area contributed by atoms with E-state index in [0.29, 0.717) is 17.1 Å². The van der Waals surface area contributed by atoms with Crippen LogP contribution in [0.1, 0.15) is 18.6 Å². The normalized spacial score (nSPS) is 11.8. The Balaban J connectivity index is 2.81. The van der Waals surface area contributed by atoms with Crippen molar-refractivity contribution in [1.29, 1.82) is 0 Å². The maximum Gasteiger partial charge on any atom is 0.343 e. The van der Waals surface area contributed by atoms with Crippen molar-refractivity contribution in [3.05, 3.63) is 23.8 Å². The van der Waals surface area contributed by atoms with Crippen LogP contribution in [0, 0.1) is 0 Å². The van der Waals surface area contributed by atoms with Gasteiger partial charge in [-0.15, -0.1) is 0 Å². The van der Waals surface area contributed by atoms with Crippen LogP contribution in [-0.4, -0.2) is 31.9 Å². The average molecular weight is 240 g/mol. The molecule has 5 heteroatoms. The molecule has 0 aliphatic heterocycles. The predicted octanol–water partition coefficient (Wildman–Crippen LogP) is 1.30. The summed E-state index contributed by atoms with van der Waals surface area (Å²) in [5, 5.41) is 9.42. The van der Waals surface area contributed by atoms with Crippen LogP contribution in [0.15, 0.2) is 18.2 Å². The Morgan fingerprint density at radius 3 is 2.59 bits per heavy atom. The molecule has 5 nitrogen and oxygen atoms in total. The second-order valence-electron chi connectivity index (χ2n) is 3.45. The molecule has 1 aromatic carbocycles. The summed E-state index contributed by atoms with van der Waals surface area (Å²) in [7, 11) is 2.78. The Kier molecular flexibility index (Phi) is 4.78. The lowest BCUT2D eigenvalue weighted by Gasteiger charge is -2.12. The van der Waals surface area contributed by atoms with E-state index in [9.17, 15) is 9.90 Å². The minimum atomic E-state index is -0.585. The van der Waals surface area contributed by atoms with Crippen LogP contribution >= 0.6 is 0 Å². The molecule has 0 spiro atoms. The van der Waals surface area contributed by atoms with E-state index in [4.69, 9.17) is 9.47 Å². The summed E-state index contributed by atoms with van der Waals surface area (Å²) in [5.41, 5.74) is 0.715. The maximum atomic E-state index is 10.9. The third kappa shape index (κ3) is 3.64.